The Balaban J connectivity index is 2.50. The van der Waals surface area contributed by atoms with Gasteiger partial charge in [0, 0.05) is 18.4 Å². The fraction of sp³-hybridized carbons (Fsp3) is 0.375. The summed E-state index contributed by atoms with van der Waals surface area (Å²) >= 11 is 0. The third-order valence-corrected chi connectivity index (χ3v) is 3.56. The summed E-state index contributed by atoms with van der Waals surface area (Å²) in [5, 5.41) is 8.63. The summed E-state index contributed by atoms with van der Waals surface area (Å²) in [5.74, 6) is 1.72. The first-order chi connectivity index (χ1) is 9.58. The normalized spacial score (nSPS) is 10.3. The highest BCUT2D eigenvalue weighted by molar-refractivity contribution is 5.73. The molecule has 1 aromatic heterocycles. The zero-order valence-corrected chi connectivity index (χ0v) is 12.4. The number of ether oxygens (including phenoxy) is 1. The Hall–Kier alpha value is -2.28. The van der Waals surface area contributed by atoms with Crippen LogP contribution in [0.1, 0.15) is 28.9 Å². The predicted octanol–water partition coefficient (Wildman–Crippen LogP) is 3.47. The number of H-pyrrole nitrogens is 1. The Morgan fingerprint density at radius 3 is 2.70 bits per heavy atom. The number of benzene rings is 1. The third-order valence-electron chi connectivity index (χ3n) is 3.56. The van der Waals surface area contributed by atoms with Crippen molar-refractivity contribution in [2.45, 2.75) is 33.6 Å². The van der Waals surface area contributed by atoms with Gasteiger partial charge >= 0.3 is 0 Å². The lowest BCUT2D eigenvalue weighted by molar-refractivity contribution is 0.412. The van der Waals surface area contributed by atoms with Crippen LogP contribution in [0.2, 0.25) is 0 Å². The Bertz CT molecular complexity index is 665. The molecular weight excluding hydrogens is 250 g/mol. The van der Waals surface area contributed by atoms with Crippen molar-refractivity contribution in [1.29, 1.82) is 5.26 Å². The Labute approximate surface area is 119 Å². The number of rotatable bonds is 4. The second-order valence-electron chi connectivity index (χ2n) is 4.95. The lowest BCUT2D eigenvalue weighted by Gasteiger charge is -2.15. The van der Waals surface area contributed by atoms with Gasteiger partial charge in [0.2, 0.25) is 0 Å². The van der Waals surface area contributed by atoms with E-state index in [0.29, 0.717) is 12.8 Å². The van der Waals surface area contributed by atoms with Gasteiger partial charge in [-0.3, -0.25) is 0 Å². The van der Waals surface area contributed by atoms with Gasteiger partial charge in [-0.15, -0.1) is 0 Å². The lowest BCUT2D eigenvalue weighted by atomic mass is 9.97. The van der Waals surface area contributed by atoms with Crippen molar-refractivity contribution < 1.29 is 4.74 Å². The fourth-order valence-electron chi connectivity index (χ4n) is 2.43. The highest BCUT2D eigenvalue weighted by atomic mass is 16.5. The van der Waals surface area contributed by atoms with Crippen LogP contribution in [0.15, 0.2) is 12.3 Å². The van der Waals surface area contributed by atoms with Crippen molar-refractivity contribution in [2.24, 2.45) is 0 Å². The van der Waals surface area contributed by atoms with Gasteiger partial charge in [0.1, 0.15) is 11.6 Å². The molecule has 0 spiro atoms. The van der Waals surface area contributed by atoms with Crippen LogP contribution in [-0.2, 0) is 6.42 Å². The molecule has 20 heavy (non-hydrogen) atoms. The molecule has 0 bridgehead atoms. The number of aromatic nitrogens is 2. The van der Waals surface area contributed by atoms with E-state index >= 15 is 0 Å². The minimum absolute atomic E-state index is 0.468. The maximum Gasteiger partial charge on any atom is 0.131 e. The van der Waals surface area contributed by atoms with Gasteiger partial charge in [-0.1, -0.05) is 6.07 Å². The molecule has 0 saturated carbocycles. The fourth-order valence-corrected chi connectivity index (χ4v) is 2.43. The van der Waals surface area contributed by atoms with Crippen LogP contribution in [0.5, 0.6) is 5.75 Å². The Morgan fingerprint density at radius 2 is 2.05 bits per heavy atom. The van der Waals surface area contributed by atoms with E-state index in [1.165, 1.54) is 5.56 Å². The number of nitrogens with zero attached hydrogens (tertiary/aromatic N) is 2. The molecule has 1 heterocycles. The van der Waals surface area contributed by atoms with Gasteiger partial charge in [0.25, 0.3) is 0 Å². The molecule has 2 rings (SSSR count). The summed E-state index contributed by atoms with van der Waals surface area (Å²) in [5.41, 5.74) is 5.50. The SMILES string of the molecule is COc1c(C)c(C)cc(C)c1-c1cnc(CCC#N)[nH]1. The monoisotopic (exact) mass is 269 g/mol. The summed E-state index contributed by atoms with van der Waals surface area (Å²) in [7, 11) is 1.69. The van der Waals surface area contributed by atoms with Crippen molar-refractivity contribution in [3.05, 3.63) is 34.8 Å². The van der Waals surface area contributed by atoms with Crippen LogP contribution in [0, 0.1) is 32.1 Å². The topological polar surface area (TPSA) is 61.7 Å². The summed E-state index contributed by atoms with van der Waals surface area (Å²) in [6.07, 6.45) is 2.92. The van der Waals surface area contributed by atoms with Crippen LogP contribution in [-0.4, -0.2) is 17.1 Å². The van der Waals surface area contributed by atoms with Crippen LogP contribution in [0.4, 0.5) is 0 Å². The van der Waals surface area contributed by atoms with Gasteiger partial charge in [-0.05, 0) is 37.5 Å². The first-order valence-electron chi connectivity index (χ1n) is 6.64. The van der Waals surface area contributed by atoms with E-state index in [1.54, 1.807) is 7.11 Å². The van der Waals surface area contributed by atoms with Crippen molar-refractivity contribution in [3.8, 4) is 23.1 Å². The minimum atomic E-state index is 0.468. The molecule has 1 aromatic carbocycles. The maximum atomic E-state index is 8.63. The number of methoxy groups -OCH3 is 1. The number of imidazole rings is 1. The number of hydrogen-bond donors (Lipinski definition) is 1. The first kappa shape index (κ1) is 14.1. The lowest BCUT2D eigenvalue weighted by Crippen LogP contribution is -1.97. The summed E-state index contributed by atoms with van der Waals surface area (Å²) in [4.78, 5) is 7.62. The van der Waals surface area contributed by atoms with Crippen LogP contribution >= 0.6 is 0 Å². The van der Waals surface area contributed by atoms with Gasteiger partial charge in [-0.25, -0.2) is 4.98 Å². The molecule has 0 aliphatic rings. The van der Waals surface area contributed by atoms with E-state index < -0.39 is 0 Å². The molecule has 4 nitrogen and oxygen atoms in total. The minimum Gasteiger partial charge on any atom is -0.496 e. The predicted molar refractivity (Wildman–Crippen MR) is 78.7 cm³/mol. The molecule has 0 unspecified atom stereocenters. The molecule has 1 N–H and O–H groups in total. The van der Waals surface area contributed by atoms with E-state index in [4.69, 9.17) is 10.00 Å². The highest BCUT2D eigenvalue weighted by Crippen LogP contribution is 2.36. The van der Waals surface area contributed by atoms with E-state index in [9.17, 15) is 0 Å². The van der Waals surface area contributed by atoms with Crippen molar-refractivity contribution in [2.75, 3.05) is 7.11 Å². The maximum absolute atomic E-state index is 8.63. The summed E-state index contributed by atoms with van der Waals surface area (Å²) in [6.45, 7) is 6.21. The second kappa shape index (κ2) is 5.79. The Morgan fingerprint density at radius 1 is 1.30 bits per heavy atom. The smallest absolute Gasteiger partial charge is 0.131 e. The first-order valence-corrected chi connectivity index (χ1v) is 6.64. The van der Waals surface area contributed by atoms with Crippen LogP contribution < -0.4 is 4.74 Å². The molecule has 0 saturated heterocycles. The standard InChI is InChI=1S/C16H19N3O/c1-10-8-11(2)15(16(20-4)12(10)3)13-9-18-14(19-13)6-5-7-17/h8-9H,5-6H2,1-4H3,(H,18,19). The highest BCUT2D eigenvalue weighted by Gasteiger charge is 2.16. The average Bonchev–Trinajstić information content (AvgIpc) is 2.88. The molecule has 0 aliphatic carbocycles. The molecule has 0 amide bonds. The zero-order valence-electron chi connectivity index (χ0n) is 12.4. The Kier molecular flexibility index (Phi) is 4.09. The number of hydrogen-bond acceptors (Lipinski definition) is 3. The number of nitrogens with one attached hydrogen (secondary N) is 1. The van der Waals surface area contributed by atoms with Gasteiger partial charge in [0.15, 0.2) is 0 Å². The van der Waals surface area contributed by atoms with E-state index in [1.807, 2.05) is 6.20 Å². The number of aryl methyl sites for hydroxylation is 3. The van der Waals surface area contributed by atoms with Gasteiger partial charge in [-0.2, -0.15) is 5.26 Å². The van der Waals surface area contributed by atoms with Crippen molar-refractivity contribution in [3.63, 3.8) is 0 Å². The van der Waals surface area contributed by atoms with Crippen molar-refractivity contribution in [1.82, 2.24) is 9.97 Å². The summed E-state index contributed by atoms with van der Waals surface area (Å²) in [6, 6.07) is 4.29. The number of nitriles is 1. The quantitative estimate of drug-likeness (QED) is 0.924. The molecule has 0 aliphatic heterocycles. The van der Waals surface area contributed by atoms with E-state index in [-0.39, 0.29) is 0 Å². The molecule has 0 fully saturated rings. The van der Waals surface area contributed by atoms with Gasteiger partial charge in [0.05, 0.1) is 25.1 Å². The van der Waals surface area contributed by atoms with E-state index in [2.05, 4.69) is 42.9 Å². The molecule has 4 heteroatoms. The third kappa shape index (κ3) is 2.53. The summed E-state index contributed by atoms with van der Waals surface area (Å²) < 4.78 is 5.58. The number of aromatic amines is 1. The van der Waals surface area contributed by atoms with Gasteiger partial charge < -0.3 is 9.72 Å². The molecule has 104 valence electrons. The van der Waals surface area contributed by atoms with Crippen LogP contribution in [0.25, 0.3) is 11.3 Å². The van der Waals surface area contributed by atoms with Crippen LogP contribution in [0.3, 0.4) is 0 Å². The molecule has 2 aromatic rings. The second-order valence-corrected chi connectivity index (χ2v) is 4.95. The largest absolute Gasteiger partial charge is 0.496 e. The molecule has 0 atom stereocenters. The molecular formula is C16H19N3O. The van der Waals surface area contributed by atoms with E-state index in [0.717, 1.165) is 34.0 Å². The average molecular weight is 269 g/mol. The zero-order chi connectivity index (χ0) is 14.7. The molecule has 0 radical (unpaired) electrons. The van der Waals surface area contributed by atoms with Crippen molar-refractivity contribution >= 4 is 0 Å².